The Morgan fingerprint density at radius 1 is 1.32 bits per heavy atom. The first-order valence-electron chi connectivity index (χ1n) is 7.26. The fourth-order valence-electron chi connectivity index (χ4n) is 2.51. The zero-order valence-corrected chi connectivity index (χ0v) is 12.8. The van der Waals surface area contributed by atoms with Crippen LogP contribution in [0.2, 0.25) is 0 Å². The molecule has 0 radical (unpaired) electrons. The Morgan fingerprint density at radius 3 is 2.91 bits per heavy atom. The second-order valence-electron chi connectivity index (χ2n) is 5.60. The standard InChI is InChI=1S/C16H19N5O/c1-10-3-4-13(7-11(10)2)19-16(22)21-6-5-12-8-18-15(17)20-14(12)9-21/h3-4,7-8H,5-6,9H2,1-2H3,(H,19,22)(H2,17,18,20). The van der Waals surface area contributed by atoms with Crippen LogP contribution in [-0.4, -0.2) is 27.4 Å². The van der Waals surface area contributed by atoms with Crippen LogP contribution in [0.4, 0.5) is 16.4 Å². The fraction of sp³-hybridized carbons (Fsp3) is 0.312. The van der Waals surface area contributed by atoms with Gasteiger partial charge in [-0.15, -0.1) is 0 Å². The van der Waals surface area contributed by atoms with Gasteiger partial charge in [-0.2, -0.15) is 0 Å². The summed E-state index contributed by atoms with van der Waals surface area (Å²) < 4.78 is 0. The molecule has 2 heterocycles. The molecule has 3 rings (SSSR count). The van der Waals surface area contributed by atoms with Gasteiger partial charge in [0.05, 0.1) is 12.2 Å². The molecule has 1 aliphatic rings. The van der Waals surface area contributed by atoms with Gasteiger partial charge in [-0.25, -0.2) is 14.8 Å². The lowest BCUT2D eigenvalue weighted by atomic mass is 10.1. The van der Waals surface area contributed by atoms with Gasteiger partial charge in [-0.1, -0.05) is 6.07 Å². The smallest absolute Gasteiger partial charge is 0.322 e. The summed E-state index contributed by atoms with van der Waals surface area (Å²) in [6.07, 6.45) is 2.49. The predicted molar refractivity (Wildman–Crippen MR) is 85.5 cm³/mol. The molecular weight excluding hydrogens is 278 g/mol. The maximum absolute atomic E-state index is 12.4. The summed E-state index contributed by atoms with van der Waals surface area (Å²) in [6.45, 7) is 5.18. The highest BCUT2D eigenvalue weighted by Crippen LogP contribution is 2.19. The van der Waals surface area contributed by atoms with Crippen LogP contribution in [0.15, 0.2) is 24.4 Å². The summed E-state index contributed by atoms with van der Waals surface area (Å²) in [5, 5.41) is 2.94. The van der Waals surface area contributed by atoms with Gasteiger partial charge in [0.2, 0.25) is 5.95 Å². The number of nitrogen functional groups attached to an aromatic ring is 1. The van der Waals surface area contributed by atoms with Gasteiger partial charge < -0.3 is 16.0 Å². The molecule has 0 saturated carbocycles. The van der Waals surface area contributed by atoms with Crippen molar-refractivity contribution in [3.8, 4) is 0 Å². The Morgan fingerprint density at radius 2 is 2.14 bits per heavy atom. The molecule has 3 N–H and O–H groups in total. The number of nitrogens with one attached hydrogen (secondary N) is 1. The van der Waals surface area contributed by atoms with Crippen LogP contribution in [0.25, 0.3) is 0 Å². The topological polar surface area (TPSA) is 84.1 Å². The van der Waals surface area contributed by atoms with Crippen LogP contribution in [0.3, 0.4) is 0 Å². The van der Waals surface area contributed by atoms with Crippen molar-refractivity contribution in [3.63, 3.8) is 0 Å². The number of aromatic nitrogens is 2. The van der Waals surface area contributed by atoms with Crippen molar-refractivity contribution < 1.29 is 4.79 Å². The zero-order valence-electron chi connectivity index (χ0n) is 12.8. The first-order valence-corrected chi connectivity index (χ1v) is 7.26. The van der Waals surface area contributed by atoms with Crippen molar-refractivity contribution in [2.45, 2.75) is 26.8 Å². The number of hydrogen-bond acceptors (Lipinski definition) is 4. The summed E-state index contributed by atoms with van der Waals surface area (Å²) >= 11 is 0. The number of carbonyl (C=O) groups is 1. The number of amides is 2. The number of carbonyl (C=O) groups excluding carboxylic acids is 1. The van der Waals surface area contributed by atoms with Crippen LogP contribution in [0, 0.1) is 13.8 Å². The molecule has 114 valence electrons. The summed E-state index contributed by atoms with van der Waals surface area (Å²) in [7, 11) is 0. The maximum Gasteiger partial charge on any atom is 0.322 e. The second kappa shape index (κ2) is 5.63. The van der Waals surface area contributed by atoms with E-state index in [1.54, 1.807) is 11.1 Å². The van der Waals surface area contributed by atoms with Crippen molar-refractivity contribution in [2.24, 2.45) is 0 Å². The molecule has 1 aliphatic heterocycles. The minimum atomic E-state index is -0.119. The third-order valence-electron chi connectivity index (χ3n) is 4.01. The molecule has 1 aromatic heterocycles. The zero-order chi connectivity index (χ0) is 15.7. The quantitative estimate of drug-likeness (QED) is 0.845. The number of anilines is 2. The molecule has 0 bridgehead atoms. The molecule has 6 heteroatoms. The second-order valence-corrected chi connectivity index (χ2v) is 5.60. The average Bonchev–Trinajstić information content (AvgIpc) is 2.50. The molecule has 0 atom stereocenters. The molecule has 22 heavy (non-hydrogen) atoms. The van der Waals surface area contributed by atoms with E-state index < -0.39 is 0 Å². The van der Waals surface area contributed by atoms with E-state index in [0.717, 1.165) is 28.9 Å². The molecule has 0 aliphatic carbocycles. The summed E-state index contributed by atoms with van der Waals surface area (Å²) in [6, 6.07) is 5.78. The number of benzene rings is 1. The fourth-order valence-corrected chi connectivity index (χ4v) is 2.51. The molecule has 6 nitrogen and oxygen atoms in total. The number of fused-ring (bicyclic) bond motifs is 1. The highest BCUT2D eigenvalue weighted by Gasteiger charge is 2.22. The van der Waals surface area contributed by atoms with Crippen molar-refractivity contribution in [2.75, 3.05) is 17.6 Å². The Kier molecular flexibility index (Phi) is 3.66. The molecular formula is C16H19N5O. The van der Waals surface area contributed by atoms with Gasteiger partial charge in [0.15, 0.2) is 0 Å². The van der Waals surface area contributed by atoms with Gasteiger partial charge in [0, 0.05) is 18.4 Å². The first-order chi connectivity index (χ1) is 10.5. The van der Waals surface area contributed by atoms with Crippen molar-refractivity contribution in [1.29, 1.82) is 0 Å². The summed E-state index contributed by atoms with van der Waals surface area (Å²) in [5.74, 6) is 0.246. The van der Waals surface area contributed by atoms with Gasteiger partial charge >= 0.3 is 6.03 Å². The Bertz CT molecular complexity index is 728. The number of rotatable bonds is 1. The van der Waals surface area contributed by atoms with Crippen LogP contribution in [0.1, 0.15) is 22.4 Å². The van der Waals surface area contributed by atoms with E-state index in [1.807, 2.05) is 32.0 Å². The van der Waals surface area contributed by atoms with Crippen LogP contribution < -0.4 is 11.1 Å². The minimum Gasteiger partial charge on any atom is -0.368 e. The highest BCUT2D eigenvalue weighted by molar-refractivity contribution is 5.89. The number of nitrogens with two attached hydrogens (primary N) is 1. The molecule has 2 amide bonds. The molecule has 2 aromatic rings. The number of nitrogens with zero attached hydrogens (tertiary/aromatic N) is 3. The normalized spacial score (nSPS) is 13.6. The summed E-state index contributed by atoms with van der Waals surface area (Å²) in [4.78, 5) is 22.4. The number of hydrogen-bond donors (Lipinski definition) is 2. The van der Waals surface area contributed by atoms with Gasteiger partial charge in [0.25, 0.3) is 0 Å². The largest absolute Gasteiger partial charge is 0.368 e. The third kappa shape index (κ3) is 2.86. The maximum atomic E-state index is 12.4. The van der Waals surface area contributed by atoms with E-state index in [4.69, 9.17) is 5.73 Å². The lowest BCUT2D eigenvalue weighted by Crippen LogP contribution is -2.39. The Hall–Kier alpha value is -2.63. The number of urea groups is 1. The van der Waals surface area contributed by atoms with Crippen molar-refractivity contribution >= 4 is 17.7 Å². The van der Waals surface area contributed by atoms with Crippen molar-refractivity contribution in [1.82, 2.24) is 14.9 Å². The molecule has 0 saturated heterocycles. The van der Waals surface area contributed by atoms with E-state index in [0.29, 0.717) is 13.1 Å². The Labute approximate surface area is 129 Å². The van der Waals surface area contributed by atoms with Gasteiger partial charge in [-0.05, 0) is 49.1 Å². The summed E-state index contributed by atoms with van der Waals surface area (Å²) in [5.41, 5.74) is 10.7. The van der Waals surface area contributed by atoms with E-state index in [9.17, 15) is 4.79 Å². The predicted octanol–water partition coefficient (Wildman–Crippen LogP) is 2.27. The van der Waals surface area contributed by atoms with Gasteiger partial charge in [-0.3, -0.25) is 0 Å². The van der Waals surface area contributed by atoms with E-state index in [2.05, 4.69) is 15.3 Å². The first kappa shape index (κ1) is 14.3. The number of aryl methyl sites for hydroxylation is 2. The molecule has 1 aromatic carbocycles. The minimum absolute atomic E-state index is 0.119. The van der Waals surface area contributed by atoms with E-state index in [-0.39, 0.29) is 12.0 Å². The lowest BCUT2D eigenvalue weighted by Gasteiger charge is -2.28. The molecule has 0 spiro atoms. The lowest BCUT2D eigenvalue weighted by molar-refractivity contribution is 0.205. The van der Waals surface area contributed by atoms with Crippen LogP contribution in [-0.2, 0) is 13.0 Å². The average molecular weight is 297 g/mol. The van der Waals surface area contributed by atoms with Crippen LogP contribution >= 0.6 is 0 Å². The SMILES string of the molecule is Cc1ccc(NC(=O)N2CCc3cnc(N)nc3C2)cc1C. The van der Waals surface area contributed by atoms with E-state index in [1.165, 1.54) is 5.56 Å². The Balaban J connectivity index is 1.72. The molecule has 0 fully saturated rings. The van der Waals surface area contributed by atoms with E-state index >= 15 is 0 Å². The van der Waals surface area contributed by atoms with Gasteiger partial charge in [0.1, 0.15) is 0 Å². The van der Waals surface area contributed by atoms with Crippen molar-refractivity contribution in [3.05, 3.63) is 46.8 Å². The molecule has 0 unspecified atom stereocenters. The van der Waals surface area contributed by atoms with Crippen LogP contribution in [0.5, 0.6) is 0 Å². The monoisotopic (exact) mass is 297 g/mol. The highest BCUT2D eigenvalue weighted by atomic mass is 16.2. The third-order valence-corrected chi connectivity index (χ3v) is 4.01.